The quantitative estimate of drug-likeness (QED) is 0.259. The lowest BCUT2D eigenvalue weighted by Gasteiger charge is -2.32. The number of amides is 2. The second-order valence-corrected chi connectivity index (χ2v) is 11.0. The summed E-state index contributed by atoms with van der Waals surface area (Å²) < 4.78 is 0. The summed E-state index contributed by atoms with van der Waals surface area (Å²) in [6.07, 6.45) is 1.24. The van der Waals surface area contributed by atoms with Gasteiger partial charge < -0.3 is 10.2 Å². The molecule has 196 valence electrons. The van der Waals surface area contributed by atoms with E-state index in [0.29, 0.717) is 28.8 Å². The Morgan fingerprint density at radius 1 is 0.919 bits per heavy atom. The normalized spacial score (nSPS) is 12.6. The van der Waals surface area contributed by atoms with Crippen LogP contribution < -0.4 is 5.32 Å². The minimum Gasteiger partial charge on any atom is -0.352 e. The fourth-order valence-corrected chi connectivity index (χ4v) is 5.53. The molecule has 37 heavy (non-hydrogen) atoms. The highest BCUT2D eigenvalue weighted by molar-refractivity contribution is 7.99. The van der Waals surface area contributed by atoms with E-state index in [1.165, 1.54) is 11.8 Å². The summed E-state index contributed by atoms with van der Waals surface area (Å²) in [7, 11) is 0. The van der Waals surface area contributed by atoms with Crippen LogP contribution in [0.1, 0.15) is 42.5 Å². The second-order valence-electron chi connectivity index (χ2n) is 9.22. The van der Waals surface area contributed by atoms with Crippen LogP contribution >= 0.6 is 35.0 Å². The van der Waals surface area contributed by atoms with Gasteiger partial charge >= 0.3 is 0 Å². The number of aryl methyl sites for hydroxylation is 1. The molecule has 0 spiro atoms. The average molecular weight is 558 g/mol. The Morgan fingerprint density at radius 2 is 1.57 bits per heavy atom. The van der Waals surface area contributed by atoms with E-state index in [1.807, 2.05) is 75.4 Å². The van der Waals surface area contributed by atoms with Crippen LogP contribution in [0.25, 0.3) is 0 Å². The van der Waals surface area contributed by atoms with Crippen molar-refractivity contribution in [3.05, 3.63) is 105 Å². The van der Waals surface area contributed by atoms with E-state index < -0.39 is 6.04 Å². The lowest BCUT2D eigenvalue weighted by molar-refractivity contribution is -0.139. The van der Waals surface area contributed by atoms with E-state index >= 15 is 0 Å². The third-order valence-corrected chi connectivity index (χ3v) is 7.93. The lowest BCUT2D eigenvalue weighted by atomic mass is 10.0. The van der Waals surface area contributed by atoms with Crippen molar-refractivity contribution in [2.75, 3.05) is 5.75 Å². The molecule has 4 nitrogen and oxygen atoms in total. The maximum atomic E-state index is 13.7. The highest BCUT2D eigenvalue weighted by Crippen LogP contribution is 2.28. The molecule has 0 bridgehead atoms. The summed E-state index contributed by atoms with van der Waals surface area (Å²) in [6, 6.07) is 22.7. The predicted molar refractivity (Wildman–Crippen MR) is 156 cm³/mol. The van der Waals surface area contributed by atoms with Crippen molar-refractivity contribution in [2.24, 2.45) is 0 Å². The van der Waals surface area contributed by atoms with Gasteiger partial charge in [-0.1, -0.05) is 96.4 Å². The molecule has 2 amide bonds. The zero-order valence-corrected chi connectivity index (χ0v) is 23.9. The summed E-state index contributed by atoms with van der Waals surface area (Å²) in [5, 5.41) is 4.27. The van der Waals surface area contributed by atoms with E-state index in [4.69, 9.17) is 23.2 Å². The molecule has 0 saturated heterocycles. The standard InChI is InChI=1S/C30H34Cl2N2O2S/c1-4-22(3)33-30(36)28(17-23-9-6-5-7-10-23)34(18-24-15-13-21(2)14-16-24)29(35)20-37-19-25-26(31)11-8-12-27(25)32/h5-16,22,28H,4,17-20H2,1-3H3,(H,33,36). The third kappa shape index (κ3) is 8.80. The number of benzene rings is 3. The van der Waals surface area contributed by atoms with Gasteiger partial charge in [-0.05, 0) is 49.1 Å². The molecule has 3 aromatic rings. The zero-order valence-electron chi connectivity index (χ0n) is 21.5. The van der Waals surface area contributed by atoms with Gasteiger partial charge in [-0.3, -0.25) is 9.59 Å². The molecular weight excluding hydrogens is 523 g/mol. The summed E-state index contributed by atoms with van der Waals surface area (Å²) >= 11 is 14.1. The number of hydrogen-bond acceptors (Lipinski definition) is 3. The number of carbonyl (C=O) groups is 2. The Balaban J connectivity index is 1.87. The summed E-state index contributed by atoms with van der Waals surface area (Å²) in [5.74, 6) is 0.465. The largest absolute Gasteiger partial charge is 0.352 e. The van der Waals surface area contributed by atoms with Crippen molar-refractivity contribution >= 4 is 46.8 Å². The van der Waals surface area contributed by atoms with Gasteiger partial charge in [0.25, 0.3) is 0 Å². The van der Waals surface area contributed by atoms with Crippen molar-refractivity contribution < 1.29 is 9.59 Å². The molecule has 2 atom stereocenters. The Bertz CT molecular complexity index is 1150. The zero-order chi connectivity index (χ0) is 26.8. The number of hydrogen-bond donors (Lipinski definition) is 1. The van der Waals surface area contributed by atoms with Crippen molar-refractivity contribution in [3.63, 3.8) is 0 Å². The number of rotatable bonds is 12. The van der Waals surface area contributed by atoms with Gasteiger partial charge in [0.15, 0.2) is 0 Å². The van der Waals surface area contributed by atoms with Crippen LogP contribution in [-0.2, 0) is 28.3 Å². The van der Waals surface area contributed by atoms with Crippen LogP contribution in [0.4, 0.5) is 0 Å². The van der Waals surface area contributed by atoms with E-state index in [0.717, 1.165) is 28.7 Å². The molecule has 0 saturated carbocycles. The highest BCUT2D eigenvalue weighted by atomic mass is 35.5. The van der Waals surface area contributed by atoms with E-state index in [2.05, 4.69) is 5.32 Å². The monoisotopic (exact) mass is 556 g/mol. The van der Waals surface area contributed by atoms with Crippen LogP contribution in [-0.4, -0.2) is 34.6 Å². The van der Waals surface area contributed by atoms with Gasteiger partial charge in [-0.15, -0.1) is 11.8 Å². The van der Waals surface area contributed by atoms with Crippen LogP contribution in [0.2, 0.25) is 10.0 Å². The van der Waals surface area contributed by atoms with Gasteiger partial charge in [0.05, 0.1) is 5.75 Å². The van der Waals surface area contributed by atoms with Crippen LogP contribution in [0.3, 0.4) is 0 Å². The van der Waals surface area contributed by atoms with E-state index in [9.17, 15) is 9.59 Å². The van der Waals surface area contributed by atoms with Crippen LogP contribution in [0.5, 0.6) is 0 Å². The van der Waals surface area contributed by atoms with E-state index in [-0.39, 0.29) is 23.6 Å². The van der Waals surface area contributed by atoms with Crippen LogP contribution in [0, 0.1) is 6.92 Å². The molecule has 7 heteroatoms. The first-order chi connectivity index (χ1) is 17.8. The fraction of sp³-hybridized carbons (Fsp3) is 0.333. The molecule has 0 aliphatic heterocycles. The van der Waals surface area contributed by atoms with Crippen molar-refractivity contribution in [1.82, 2.24) is 10.2 Å². The van der Waals surface area contributed by atoms with Crippen molar-refractivity contribution in [1.29, 1.82) is 0 Å². The first kappa shape index (κ1) is 29.1. The summed E-state index contributed by atoms with van der Waals surface area (Å²) in [6.45, 7) is 6.38. The summed E-state index contributed by atoms with van der Waals surface area (Å²) in [4.78, 5) is 29.0. The number of nitrogens with zero attached hydrogens (tertiary/aromatic N) is 1. The Kier molecular flexibility index (Phi) is 11.4. The molecule has 0 fully saturated rings. The first-order valence-electron chi connectivity index (χ1n) is 12.5. The Hall–Kier alpha value is -2.47. The number of carbonyl (C=O) groups excluding carboxylic acids is 2. The number of nitrogens with one attached hydrogen (secondary N) is 1. The number of halogens is 2. The van der Waals surface area contributed by atoms with Gasteiger partial charge in [0.2, 0.25) is 11.8 Å². The molecule has 0 aliphatic rings. The molecule has 3 rings (SSSR count). The molecule has 3 aromatic carbocycles. The molecule has 0 radical (unpaired) electrons. The van der Waals surface area contributed by atoms with Crippen molar-refractivity contribution in [2.45, 2.75) is 58.0 Å². The fourth-order valence-electron chi connectivity index (χ4n) is 3.88. The minimum absolute atomic E-state index is 0.0128. The molecule has 2 unspecified atom stereocenters. The van der Waals surface area contributed by atoms with Gasteiger partial charge in [0.1, 0.15) is 6.04 Å². The SMILES string of the molecule is CCC(C)NC(=O)C(Cc1ccccc1)N(Cc1ccc(C)cc1)C(=O)CSCc1c(Cl)cccc1Cl. The molecule has 0 aromatic heterocycles. The molecular formula is C30H34Cl2N2O2S. The third-order valence-electron chi connectivity index (χ3n) is 6.28. The maximum Gasteiger partial charge on any atom is 0.243 e. The Labute approximate surface area is 234 Å². The highest BCUT2D eigenvalue weighted by Gasteiger charge is 2.31. The Morgan fingerprint density at radius 3 is 2.19 bits per heavy atom. The first-order valence-corrected chi connectivity index (χ1v) is 14.4. The second kappa shape index (κ2) is 14.5. The van der Waals surface area contributed by atoms with Crippen molar-refractivity contribution in [3.8, 4) is 0 Å². The molecule has 0 heterocycles. The molecule has 1 N–H and O–H groups in total. The average Bonchev–Trinajstić information content (AvgIpc) is 2.89. The predicted octanol–water partition coefficient (Wildman–Crippen LogP) is 7.09. The van der Waals surface area contributed by atoms with Gasteiger partial charge in [0, 0.05) is 34.8 Å². The molecule has 0 aliphatic carbocycles. The van der Waals surface area contributed by atoms with Crippen LogP contribution in [0.15, 0.2) is 72.8 Å². The lowest BCUT2D eigenvalue weighted by Crippen LogP contribution is -2.52. The topological polar surface area (TPSA) is 49.4 Å². The number of thioether (sulfide) groups is 1. The smallest absolute Gasteiger partial charge is 0.243 e. The van der Waals surface area contributed by atoms with Gasteiger partial charge in [-0.2, -0.15) is 0 Å². The minimum atomic E-state index is -0.644. The van der Waals surface area contributed by atoms with E-state index in [1.54, 1.807) is 23.1 Å². The van der Waals surface area contributed by atoms with Gasteiger partial charge in [-0.25, -0.2) is 0 Å². The maximum absolute atomic E-state index is 13.7. The summed E-state index contributed by atoms with van der Waals surface area (Å²) in [5.41, 5.74) is 3.93.